The number of carbonyl (C=O) groups is 3. The molecule has 43 heavy (non-hydrogen) atoms. The average molecular weight is 610 g/mol. The van der Waals surface area contributed by atoms with Crippen LogP contribution in [-0.2, 0) is 26.2 Å². The Hall–Kier alpha value is -4.40. The molecule has 0 bridgehead atoms. The fourth-order valence-electron chi connectivity index (χ4n) is 5.16. The molecule has 1 aliphatic rings. The fraction of sp³-hybridized carbons (Fsp3) is 0.345. The molecule has 228 valence electrons. The lowest BCUT2D eigenvalue weighted by Crippen LogP contribution is -2.50. The number of hydrogen-bond donors (Lipinski definition) is 6. The van der Waals surface area contributed by atoms with Gasteiger partial charge in [0.25, 0.3) is 5.91 Å². The fourth-order valence-corrected chi connectivity index (χ4v) is 6.80. The van der Waals surface area contributed by atoms with E-state index in [0.717, 1.165) is 11.1 Å². The molecular weight excluding hydrogens is 574 g/mol. The molecule has 13 nitrogen and oxygen atoms in total. The molecule has 0 saturated carbocycles. The van der Waals surface area contributed by atoms with E-state index in [0.29, 0.717) is 47.8 Å². The van der Waals surface area contributed by atoms with Crippen LogP contribution >= 0.6 is 0 Å². The first kappa shape index (κ1) is 31.5. The summed E-state index contributed by atoms with van der Waals surface area (Å²) in [6.45, 7) is 5.18. The summed E-state index contributed by atoms with van der Waals surface area (Å²) in [5, 5.41) is 15.4. The Bertz CT molecular complexity index is 1650. The lowest BCUT2D eigenvalue weighted by atomic mass is 9.85. The first-order chi connectivity index (χ1) is 20.4. The van der Waals surface area contributed by atoms with E-state index in [1.165, 1.54) is 0 Å². The van der Waals surface area contributed by atoms with Crippen LogP contribution < -0.4 is 21.1 Å². The van der Waals surface area contributed by atoms with Gasteiger partial charge in [-0.25, -0.2) is 18.4 Å². The summed E-state index contributed by atoms with van der Waals surface area (Å²) in [7, 11) is -4.25. The number of nitrogens with one attached hydrogen (secondary N) is 4. The second-order valence-electron chi connectivity index (χ2n) is 10.4. The van der Waals surface area contributed by atoms with Crippen LogP contribution in [0.15, 0.2) is 52.6 Å². The van der Waals surface area contributed by atoms with E-state index < -0.39 is 40.4 Å². The summed E-state index contributed by atoms with van der Waals surface area (Å²) in [5.41, 5.74) is 8.84. The van der Waals surface area contributed by atoms with Crippen molar-refractivity contribution in [2.75, 3.05) is 18.4 Å². The Labute approximate surface area is 249 Å². The van der Waals surface area contributed by atoms with E-state index in [9.17, 15) is 27.9 Å². The molecule has 14 heteroatoms. The number of amides is 1. The highest BCUT2D eigenvalue weighted by molar-refractivity contribution is 7.89. The van der Waals surface area contributed by atoms with Crippen molar-refractivity contribution in [2.45, 2.75) is 51.1 Å². The van der Waals surface area contributed by atoms with E-state index in [2.05, 4.69) is 30.3 Å². The molecule has 1 amide bonds. The highest BCUT2D eigenvalue weighted by Gasteiger charge is 2.36. The Morgan fingerprint density at radius 3 is 2.49 bits per heavy atom. The monoisotopic (exact) mass is 609 g/mol. The third kappa shape index (κ3) is 7.34. The van der Waals surface area contributed by atoms with Crippen LogP contribution in [0.4, 0.5) is 11.6 Å². The number of aliphatic imine (C=N–C) groups is 1. The number of aliphatic carboxylic acids is 1. The van der Waals surface area contributed by atoms with Crippen molar-refractivity contribution in [3.63, 3.8) is 0 Å². The van der Waals surface area contributed by atoms with Gasteiger partial charge in [0.2, 0.25) is 10.0 Å². The lowest BCUT2D eigenvalue weighted by Gasteiger charge is -2.24. The number of benzene rings is 2. The zero-order valence-corrected chi connectivity index (χ0v) is 24.9. The minimum atomic E-state index is -4.25. The molecule has 0 spiro atoms. The number of aryl methyl sites for hydroxylation is 3. The average Bonchev–Trinajstić information content (AvgIpc) is 3.46. The number of nitrogens with zero attached hydrogens (tertiary/aromatic N) is 2. The summed E-state index contributed by atoms with van der Waals surface area (Å²) in [4.78, 5) is 50.4. The smallest absolute Gasteiger partial charge is 0.323 e. The molecule has 2 atom stereocenters. The van der Waals surface area contributed by atoms with Crippen molar-refractivity contribution < 1.29 is 27.9 Å². The number of carboxylic acids is 1. The lowest BCUT2D eigenvalue weighted by molar-refractivity contribution is -0.138. The van der Waals surface area contributed by atoms with Gasteiger partial charge in [0.1, 0.15) is 11.8 Å². The standard InChI is InChI=1S/C29H35N7O6S/c1-16-11-17(2)26(18(3)12-16)43(41,42)36-23(28(39)40)15-33-27(38)24-21(5-4-8-30)25(37)20-7-6-19(13-22(20)35-24)14-34-29-31-9-10-32-29/h6-7,9-13,21,23,36H,4-5,8,14-15,30H2,1-3H3,(H,33,38)(H,39,40)(H2,31,32,34). The summed E-state index contributed by atoms with van der Waals surface area (Å²) >= 11 is 0. The van der Waals surface area contributed by atoms with Crippen LogP contribution in [0.1, 0.15) is 45.5 Å². The topological polar surface area (TPSA) is 209 Å². The van der Waals surface area contributed by atoms with E-state index in [1.54, 1.807) is 56.6 Å². The van der Waals surface area contributed by atoms with Gasteiger partial charge in [0.05, 0.1) is 16.5 Å². The van der Waals surface area contributed by atoms with Gasteiger partial charge >= 0.3 is 5.97 Å². The molecule has 2 unspecified atom stereocenters. The maximum atomic E-state index is 13.5. The molecule has 0 radical (unpaired) electrons. The zero-order chi connectivity index (χ0) is 31.3. The molecule has 4 rings (SSSR count). The third-order valence-corrected chi connectivity index (χ3v) is 8.81. The minimum Gasteiger partial charge on any atom is -0.480 e. The minimum absolute atomic E-state index is 0.0197. The van der Waals surface area contributed by atoms with Gasteiger partial charge in [-0.15, -0.1) is 0 Å². The molecule has 2 aromatic carbocycles. The predicted molar refractivity (Wildman–Crippen MR) is 161 cm³/mol. The number of hydrogen-bond acceptors (Lipinski definition) is 9. The number of rotatable bonds is 13. The van der Waals surface area contributed by atoms with Crippen molar-refractivity contribution in [1.29, 1.82) is 0 Å². The maximum absolute atomic E-state index is 13.5. The zero-order valence-electron chi connectivity index (χ0n) is 24.1. The van der Waals surface area contributed by atoms with E-state index in [4.69, 9.17) is 5.73 Å². The summed E-state index contributed by atoms with van der Waals surface area (Å²) in [6, 6.07) is 6.84. The summed E-state index contributed by atoms with van der Waals surface area (Å²) < 4.78 is 28.5. The highest BCUT2D eigenvalue weighted by atomic mass is 32.2. The first-order valence-electron chi connectivity index (χ1n) is 13.7. The number of carbonyl (C=O) groups excluding carboxylic acids is 2. The maximum Gasteiger partial charge on any atom is 0.323 e. The molecule has 1 aliphatic heterocycles. The van der Waals surface area contributed by atoms with E-state index >= 15 is 0 Å². The molecule has 0 aliphatic carbocycles. The van der Waals surface area contributed by atoms with Gasteiger partial charge < -0.3 is 26.5 Å². The van der Waals surface area contributed by atoms with Crippen molar-refractivity contribution in [3.05, 3.63) is 70.5 Å². The van der Waals surface area contributed by atoms with Gasteiger partial charge in [0, 0.05) is 31.0 Å². The van der Waals surface area contributed by atoms with Crippen molar-refractivity contribution in [2.24, 2.45) is 16.6 Å². The Morgan fingerprint density at radius 1 is 1.14 bits per heavy atom. The number of anilines is 1. The number of nitrogens with two attached hydrogens (primary N) is 1. The number of aromatic amines is 1. The van der Waals surface area contributed by atoms with Gasteiger partial charge in [0.15, 0.2) is 11.7 Å². The number of sulfonamides is 1. The van der Waals surface area contributed by atoms with Gasteiger partial charge in [-0.1, -0.05) is 23.8 Å². The van der Waals surface area contributed by atoms with Crippen LogP contribution in [0.5, 0.6) is 0 Å². The number of H-pyrrole nitrogens is 1. The number of ketones is 1. The number of carboxylic acid groups (broad SMARTS) is 1. The molecule has 2 heterocycles. The largest absolute Gasteiger partial charge is 0.480 e. The SMILES string of the molecule is Cc1cc(C)c(S(=O)(=O)NC(CNC(=O)C2=Nc3cc(CNc4ncc[nH]4)ccc3C(=O)C2CCCN)C(=O)O)c(C)c1. The van der Waals surface area contributed by atoms with Crippen molar-refractivity contribution in [1.82, 2.24) is 20.0 Å². The predicted octanol–water partition coefficient (Wildman–Crippen LogP) is 2.12. The van der Waals surface area contributed by atoms with Crippen LogP contribution in [0.25, 0.3) is 0 Å². The van der Waals surface area contributed by atoms with Crippen LogP contribution in [-0.4, -0.2) is 66.0 Å². The Balaban J connectivity index is 1.55. The number of imidazole rings is 1. The van der Waals surface area contributed by atoms with Gasteiger partial charge in [-0.05, 0) is 69.0 Å². The third-order valence-electron chi connectivity index (χ3n) is 7.04. The second-order valence-corrected chi connectivity index (χ2v) is 12.1. The van der Waals surface area contributed by atoms with Crippen LogP contribution in [0, 0.1) is 26.7 Å². The molecule has 1 aromatic heterocycles. The quantitative estimate of drug-likeness (QED) is 0.167. The van der Waals surface area contributed by atoms with E-state index in [-0.39, 0.29) is 22.8 Å². The van der Waals surface area contributed by atoms with Crippen molar-refractivity contribution >= 4 is 45.0 Å². The Kier molecular flexibility index (Phi) is 9.73. The molecule has 0 fully saturated rings. The molecule has 3 aromatic rings. The Morgan fingerprint density at radius 2 is 1.86 bits per heavy atom. The second kappa shape index (κ2) is 13.3. The van der Waals surface area contributed by atoms with Crippen molar-refractivity contribution in [3.8, 4) is 0 Å². The summed E-state index contributed by atoms with van der Waals surface area (Å²) in [5.74, 6) is -2.87. The van der Waals surface area contributed by atoms with Crippen LogP contribution in [0.2, 0.25) is 0 Å². The molecule has 7 N–H and O–H groups in total. The normalized spacial score (nSPS) is 15.4. The van der Waals surface area contributed by atoms with Gasteiger partial charge in [-0.2, -0.15) is 4.72 Å². The number of Topliss-reactive ketones (excluding diaryl/α,β-unsaturated/α-hetero) is 1. The van der Waals surface area contributed by atoms with E-state index in [1.807, 2.05) is 6.92 Å². The van der Waals surface area contributed by atoms with Gasteiger partial charge in [-0.3, -0.25) is 14.4 Å². The summed E-state index contributed by atoms with van der Waals surface area (Å²) in [6.07, 6.45) is 4.00. The number of fused-ring (bicyclic) bond motifs is 1. The first-order valence-corrected chi connectivity index (χ1v) is 15.2. The molecule has 0 saturated heterocycles. The number of aromatic nitrogens is 2. The molecular formula is C29H35N7O6S. The van der Waals surface area contributed by atoms with Crippen LogP contribution in [0.3, 0.4) is 0 Å². The highest BCUT2D eigenvalue weighted by Crippen LogP contribution is 2.32.